The first-order valence-corrected chi connectivity index (χ1v) is 15.1. The molecule has 11 nitrogen and oxygen atoms in total. The Morgan fingerprint density at radius 3 is 2.21 bits per heavy atom. The van der Waals surface area contributed by atoms with Gasteiger partial charge in [0.15, 0.2) is 0 Å². The Kier molecular flexibility index (Phi) is 19.7. The summed E-state index contributed by atoms with van der Waals surface area (Å²) < 4.78 is 0. The predicted molar refractivity (Wildman–Crippen MR) is 172 cm³/mol. The fourth-order valence-corrected chi connectivity index (χ4v) is 4.17. The van der Waals surface area contributed by atoms with Gasteiger partial charge in [0.1, 0.15) is 0 Å². The minimum Gasteiger partial charge on any atom is -0.387 e. The number of primary amides is 1. The Bertz CT molecular complexity index is 1010. The quantitative estimate of drug-likeness (QED) is 0.0625. The van der Waals surface area contributed by atoms with Gasteiger partial charge in [0, 0.05) is 36.6 Å². The van der Waals surface area contributed by atoms with Crippen molar-refractivity contribution < 1.29 is 19.5 Å². The third-order valence-corrected chi connectivity index (χ3v) is 6.84. The number of carbonyl (C=O) groups is 3. The fraction of sp³-hybridized carbons (Fsp3) is 0.531. The molecule has 0 aromatic heterocycles. The Morgan fingerprint density at radius 2 is 1.53 bits per heavy atom. The van der Waals surface area contributed by atoms with Crippen LogP contribution in [-0.2, 0) is 20.8 Å². The van der Waals surface area contributed by atoms with E-state index >= 15 is 0 Å². The second-order valence-corrected chi connectivity index (χ2v) is 10.5. The van der Waals surface area contributed by atoms with Crippen LogP contribution in [0.5, 0.6) is 0 Å². The highest BCUT2D eigenvalue weighted by atomic mass is 16.3. The molecule has 43 heavy (non-hydrogen) atoms. The number of nitrogens with two attached hydrogens (primary N) is 1. The summed E-state index contributed by atoms with van der Waals surface area (Å²) >= 11 is 0. The van der Waals surface area contributed by atoms with Crippen LogP contribution in [0.2, 0.25) is 0 Å². The smallest absolute Gasteiger partial charge is 0.239 e. The maximum Gasteiger partial charge on any atom is 0.239 e. The molecule has 1 atom stereocenters. The standard InChI is InChI=1S/C32H53N7O4/c1-5-39(24-40)19-13-7-8-14-25(2)35-22-31(42)37-23-32(43)38-29(20-28-15-9-6-10-16-28)27(4)36-21-26(3)34-18-12-11-17-30(33)41/h6,9-10,15-16,29,34-36,40H,2-5,7-8,11-14,17-24H2,1H3,(H2,33,41)(H,37,42)(H,38,43). The first-order chi connectivity index (χ1) is 20.6. The number of nitrogens with one attached hydrogen (secondary N) is 5. The number of allylic oxidation sites excluding steroid dienone is 1. The summed E-state index contributed by atoms with van der Waals surface area (Å²) in [6.45, 7) is 16.9. The lowest BCUT2D eigenvalue weighted by Gasteiger charge is -2.23. The molecule has 0 radical (unpaired) electrons. The summed E-state index contributed by atoms with van der Waals surface area (Å²) in [5.74, 6) is -0.929. The van der Waals surface area contributed by atoms with Gasteiger partial charge >= 0.3 is 0 Å². The Hall–Kier alpha value is -3.83. The van der Waals surface area contributed by atoms with Gasteiger partial charge in [0.2, 0.25) is 17.7 Å². The summed E-state index contributed by atoms with van der Waals surface area (Å²) in [6, 6.07) is 9.36. The van der Waals surface area contributed by atoms with Crippen molar-refractivity contribution in [2.75, 3.05) is 46.0 Å². The molecule has 1 unspecified atom stereocenters. The van der Waals surface area contributed by atoms with Crippen molar-refractivity contribution in [3.8, 4) is 0 Å². The Labute approximate surface area is 257 Å². The average molecular weight is 600 g/mol. The number of nitrogens with zero attached hydrogens (tertiary/aromatic N) is 1. The van der Waals surface area contributed by atoms with Crippen molar-refractivity contribution in [1.82, 2.24) is 31.5 Å². The lowest BCUT2D eigenvalue weighted by molar-refractivity contribution is -0.125. The molecule has 1 aromatic carbocycles. The summed E-state index contributed by atoms with van der Waals surface area (Å²) in [4.78, 5) is 37.9. The number of rotatable bonds is 26. The Balaban J connectivity index is 2.43. The molecule has 3 amide bonds. The van der Waals surface area contributed by atoms with Crippen molar-refractivity contribution in [1.29, 1.82) is 0 Å². The van der Waals surface area contributed by atoms with Gasteiger partial charge in [0.25, 0.3) is 0 Å². The number of unbranched alkanes of at least 4 members (excludes halogenated alkanes) is 3. The lowest BCUT2D eigenvalue weighted by Crippen LogP contribution is -2.47. The largest absolute Gasteiger partial charge is 0.387 e. The van der Waals surface area contributed by atoms with Crippen LogP contribution in [0.3, 0.4) is 0 Å². The zero-order chi connectivity index (χ0) is 31.9. The van der Waals surface area contributed by atoms with Crippen LogP contribution >= 0.6 is 0 Å². The van der Waals surface area contributed by atoms with E-state index in [1.54, 1.807) is 0 Å². The molecule has 1 rings (SSSR count). The molecule has 0 aliphatic heterocycles. The van der Waals surface area contributed by atoms with Gasteiger partial charge in [-0.15, -0.1) is 0 Å². The highest BCUT2D eigenvalue weighted by Crippen LogP contribution is 2.09. The van der Waals surface area contributed by atoms with Gasteiger partial charge in [-0.25, -0.2) is 0 Å². The maximum absolute atomic E-state index is 12.8. The van der Waals surface area contributed by atoms with Gasteiger partial charge in [-0.1, -0.05) is 63.4 Å². The molecule has 0 saturated heterocycles. The summed E-state index contributed by atoms with van der Waals surface area (Å²) in [5.41, 5.74) is 8.36. The normalized spacial score (nSPS) is 11.3. The molecule has 0 aliphatic rings. The maximum atomic E-state index is 12.8. The number of aliphatic hydroxyl groups excluding tert-OH is 1. The number of benzene rings is 1. The molecule has 0 fully saturated rings. The first-order valence-electron chi connectivity index (χ1n) is 15.1. The van der Waals surface area contributed by atoms with Gasteiger partial charge in [0.05, 0.1) is 32.4 Å². The molecule has 0 bridgehead atoms. The zero-order valence-electron chi connectivity index (χ0n) is 25.9. The van der Waals surface area contributed by atoms with Crippen LogP contribution in [-0.4, -0.2) is 79.8 Å². The van der Waals surface area contributed by atoms with Crippen LogP contribution in [0.15, 0.2) is 67.2 Å². The molecule has 0 aliphatic carbocycles. The molecule has 1 aromatic rings. The van der Waals surface area contributed by atoms with Gasteiger partial charge in [-0.2, -0.15) is 0 Å². The van der Waals surface area contributed by atoms with Crippen molar-refractivity contribution in [3.05, 3.63) is 72.7 Å². The first kappa shape index (κ1) is 37.2. The second kappa shape index (κ2) is 22.7. The van der Waals surface area contributed by atoms with E-state index in [2.05, 4.69) is 46.3 Å². The molecule has 8 N–H and O–H groups in total. The minimum atomic E-state index is -0.408. The number of amides is 3. The van der Waals surface area contributed by atoms with E-state index in [9.17, 15) is 19.5 Å². The van der Waals surface area contributed by atoms with E-state index in [0.717, 1.165) is 62.2 Å². The fourth-order valence-electron chi connectivity index (χ4n) is 4.17. The molecule has 0 spiro atoms. The van der Waals surface area contributed by atoms with Gasteiger partial charge in [-0.3, -0.25) is 19.3 Å². The van der Waals surface area contributed by atoms with Crippen molar-refractivity contribution >= 4 is 17.7 Å². The predicted octanol–water partition coefficient (Wildman–Crippen LogP) is 1.63. The van der Waals surface area contributed by atoms with Gasteiger partial charge in [-0.05, 0) is 50.6 Å². The molecule has 0 saturated carbocycles. The second-order valence-electron chi connectivity index (χ2n) is 10.5. The van der Waals surface area contributed by atoms with E-state index in [1.165, 1.54) is 0 Å². The molecule has 11 heteroatoms. The van der Waals surface area contributed by atoms with E-state index in [-0.39, 0.29) is 37.5 Å². The third-order valence-electron chi connectivity index (χ3n) is 6.84. The number of aliphatic hydroxyl groups is 1. The molecule has 0 heterocycles. The lowest BCUT2D eigenvalue weighted by atomic mass is 10.0. The minimum absolute atomic E-state index is 0.0413. The average Bonchev–Trinajstić information content (AvgIpc) is 2.99. The topological polar surface area (TPSA) is 161 Å². The van der Waals surface area contributed by atoms with Crippen LogP contribution < -0.4 is 32.3 Å². The number of hydrogen-bond donors (Lipinski definition) is 7. The summed E-state index contributed by atoms with van der Waals surface area (Å²) in [6.07, 6.45) is 6.11. The Morgan fingerprint density at radius 1 is 0.837 bits per heavy atom. The monoisotopic (exact) mass is 599 g/mol. The van der Waals surface area contributed by atoms with Crippen LogP contribution in [0.4, 0.5) is 0 Å². The van der Waals surface area contributed by atoms with Crippen LogP contribution in [0.1, 0.15) is 57.4 Å². The summed E-state index contributed by atoms with van der Waals surface area (Å²) in [7, 11) is 0. The molecular formula is C32H53N7O4. The van der Waals surface area contributed by atoms with Crippen molar-refractivity contribution in [3.63, 3.8) is 0 Å². The number of hydrogen-bond acceptors (Lipinski definition) is 8. The summed E-state index contributed by atoms with van der Waals surface area (Å²) in [5, 5.41) is 24.3. The van der Waals surface area contributed by atoms with Crippen molar-refractivity contribution in [2.24, 2.45) is 5.73 Å². The van der Waals surface area contributed by atoms with Crippen LogP contribution in [0, 0.1) is 0 Å². The van der Waals surface area contributed by atoms with E-state index in [1.807, 2.05) is 42.2 Å². The van der Waals surface area contributed by atoms with E-state index < -0.39 is 6.04 Å². The van der Waals surface area contributed by atoms with Crippen molar-refractivity contribution in [2.45, 2.75) is 64.3 Å². The third kappa shape index (κ3) is 19.1. The van der Waals surface area contributed by atoms with E-state index in [0.29, 0.717) is 38.0 Å². The van der Waals surface area contributed by atoms with Gasteiger partial charge < -0.3 is 37.4 Å². The zero-order valence-corrected chi connectivity index (χ0v) is 25.9. The number of carbonyl (C=O) groups excluding carboxylic acids is 3. The van der Waals surface area contributed by atoms with E-state index in [4.69, 9.17) is 5.73 Å². The van der Waals surface area contributed by atoms with Crippen LogP contribution in [0.25, 0.3) is 0 Å². The highest BCUT2D eigenvalue weighted by molar-refractivity contribution is 5.86. The SMILES string of the molecule is C=C(CCCCCN(CC)CO)NCC(=O)NCC(=O)NC(Cc1ccccc1)C(=C)NCC(=C)NCCCCC(N)=O. The molecular weight excluding hydrogens is 546 g/mol. The highest BCUT2D eigenvalue weighted by Gasteiger charge is 2.17. The molecule has 240 valence electrons.